The fourth-order valence-corrected chi connectivity index (χ4v) is 2.78. The molecule has 0 radical (unpaired) electrons. The second-order valence-corrected chi connectivity index (χ2v) is 5.97. The van der Waals surface area contributed by atoms with E-state index in [0.717, 1.165) is 26.1 Å². The molecule has 0 spiro atoms. The van der Waals surface area contributed by atoms with Gasteiger partial charge >= 0.3 is 0 Å². The van der Waals surface area contributed by atoms with Gasteiger partial charge in [-0.1, -0.05) is 18.5 Å². The number of nitrogens with one attached hydrogen (secondary N) is 1. The summed E-state index contributed by atoms with van der Waals surface area (Å²) >= 11 is 6.18. The van der Waals surface area contributed by atoms with Crippen molar-refractivity contribution in [1.29, 1.82) is 0 Å². The average molecular weight is 299 g/mol. The van der Waals surface area contributed by atoms with Gasteiger partial charge in [-0.05, 0) is 39.8 Å². The van der Waals surface area contributed by atoms with Gasteiger partial charge in [-0.2, -0.15) is 5.10 Å². The summed E-state index contributed by atoms with van der Waals surface area (Å²) in [6.07, 6.45) is 3.92. The molecular formula is C14H23ClN4O. The summed E-state index contributed by atoms with van der Waals surface area (Å²) in [6.45, 7) is 9.19. The highest BCUT2D eigenvalue weighted by Crippen LogP contribution is 2.20. The molecule has 1 fully saturated rings. The van der Waals surface area contributed by atoms with E-state index in [1.807, 2.05) is 13.8 Å². The Morgan fingerprint density at radius 3 is 2.95 bits per heavy atom. The van der Waals surface area contributed by atoms with E-state index in [4.69, 9.17) is 11.6 Å². The summed E-state index contributed by atoms with van der Waals surface area (Å²) in [6, 6.07) is 0.344. The number of piperidine rings is 1. The van der Waals surface area contributed by atoms with Crippen LogP contribution in [0.25, 0.3) is 0 Å². The van der Waals surface area contributed by atoms with Crippen LogP contribution in [-0.4, -0.2) is 40.4 Å². The predicted molar refractivity (Wildman–Crippen MR) is 82.7 cm³/mol. The lowest BCUT2D eigenvalue weighted by Gasteiger charge is -2.32. The molecule has 1 aromatic rings. The maximum atomic E-state index is 12.1. The van der Waals surface area contributed by atoms with Gasteiger partial charge < -0.3 is 10.2 Å². The van der Waals surface area contributed by atoms with E-state index in [9.17, 15) is 4.79 Å². The molecule has 1 aliphatic heterocycles. The van der Waals surface area contributed by atoms with Crippen LogP contribution in [0.1, 0.15) is 39.7 Å². The Morgan fingerprint density at radius 2 is 2.30 bits per heavy atom. The van der Waals surface area contributed by atoms with Crippen molar-refractivity contribution in [2.75, 3.05) is 25.0 Å². The van der Waals surface area contributed by atoms with Crippen molar-refractivity contribution in [3.63, 3.8) is 0 Å². The van der Waals surface area contributed by atoms with Gasteiger partial charge in [0.15, 0.2) is 0 Å². The van der Waals surface area contributed by atoms with Gasteiger partial charge in [-0.25, -0.2) is 4.68 Å². The quantitative estimate of drug-likeness (QED) is 0.927. The molecule has 2 heterocycles. The first-order chi connectivity index (χ1) is 9.52. The molecule has 0 saturated carbocycles. The number of halogens is 1. The summed E-state index contributed by atoms with van der Waals surface area (Å²) in [5, 5.41) is 7.80. The van der Waals surface area contributed by atoms with Gasteiger partial charge in [-0.15, -0.1) is 0 Å². The third kappa shape index (κ3) is 3.33. The van der Waals surface area contributed by atoms with Crippen molar-refractivity contribution in [2.45, 2.75) is 45.7 Å². The summed E-state index contributed by atoms with van der Waals surface area (Å²) in [5.74, 6) is 0. The smallest absolute Gasteiger partial charge is 0.287 e. The zero-order chi connectivity index (χ0) is 14.7. The average Bonchev–Trinajstić information content (AvgIpc) is 2.44. The van der Waals surface area contributed by atoms with Crippen LogP contribution in [0.15, 0.2) is 11.0 Å². The van der Waals surface area contributed by atoms with Crippen molar-refractivity contribution in [2.24, 2.45) is 0 Å². The molecule has 2 rings (SSSR count). The molecule has 1 unspecified atom stereocenters. The predicted octanol–water partition coefficient (Wildman–Crippen LogP) is 2.37. The summed E-state index contributed by atoms with van der Waals surface area (Å²) in [4.78, 5) is 14.5. The molecule has 1 saturated heterocycles. The fraction of sp³-hybridized carbons (Fsp3) is 0.714. The monoisotopic (exact) mass is 298 g/mol. The van der Waals surface area contributed by atoms with Crippen LogP contribution in [0.5, 0.6) is 0 Å². The van der Waals surface area contributed by atoms with Crippen LogP contribution in [0.2, 0.25) is 5.02 Å². The lowest BCUT2D eigenvalue weighted by Crippen LogP contribution is -2.42. The Balaban J connectivity index is 2.14. The molecule has 1 aliphatic rings. The minimum absolute atomic E-state index is 0.0133. The van der Waals surface area contributed by atoms with Crippen molar-refractivity contribution in [3.8, 4) is 0 Å². The van der Waals surface area contributed by atoms with Crippen molar-refractivity contribution < 1.29 is 0 Å². The maximum Gasteiger partial charge on any atom is 0.287 e. The number of likely N-dealkylation sites (tertiary alicyclic amines) is 1. The van der Waals surface area contributed by atoms with E-state index in [0.29, 0.717) is 11.7 Å². The topological polar surface area (TPSA) is 50.2 Å². The number of hydrogen-bond donors (Lipinski definition) is 1. The lowest BCUT2D eigenvalue weighted by atomic mass is 10.1. The third-order valence-electron chi connectivity index (χ3n) is 3.75. The third-order valence-corrected chi connectivity index (χ3v) is 4.11. The second-order valence-electron chi connectivity index (χ2n) is 5.59. The molecule has 0 amide bonds. The van der Waals surface area contributed by atoms with E-state index in [2.05, 4.69) is 22.2 Å². The van der Waals surface area contributed by atoms with E-state index in [-0.39, 0.29) is 16.6 Å². The minimum Gasteiger partial charge on any atom is -0.378 e. The highest BCUT2D eigenvalue weighted by Gasteiger charge is 2.20. The van der Waals surface area contributed by atoms with E-state index in [1.165, 1.54) is 11.1 Å². The first-order valence-electron chi connectivity index (χ1n) is 7.29. The summed E-state index contributed by atoms with van der Waals surface area (Å²) in [7, 11) is 0. The highest BCUT2D eigenvalue weighted by molar-refractivity contribution is 6.32. The Bertz CT molecular complexity index is 514. The molecule has 1 aromatic heterocycles. The Labute approximate surface area is 124 Å². The number of anilines is 1. The molecule has 0 bridgehead atoms. The Morgan fingerprint density at radius 1 is 1.55 bits per heavy atom. The van der Waals surface area contributed by atoms with Crippen molar-refractivity contribution in [1.82, 2.24) is 14.7 Å². The van der Waals surface area contributed by atoms with E-state index >= 15 is 0 Å². The van der Waals surface area contributed by atoms with Gasteiger partial charge in [0, 0.05) is 12.6 Å². The van der Waals surface area contributed by atoms with Gasteiger partial charge in [0.25, 0.3) is 5.56 Å². The normalized spacial score (nSPS) is 20.4. The molecule has 5 nitrogen and oxygen atoms in total. The Kier molecular flexibility index (Phi) is 5.05. The molecule has 1 atom stereocenters. The number of nitrogens with zero attached hydrogens (tertiary/aromatic N) is 3. The SMILES string of the molecule is CCN1CCCC(Nc2cnn(C(C)C)c(=O)c2Cl)C1. The highest BCUT2D eigenvalue weighted by atomic mass is 35.5. The summed E-state index contributed by atoms with van der Waals surface area (Å²) in [5.41, 5.74) is 0.423. The minimum atomic E-state index is -0.227. The fourth-order valence-electron chi connectivity index (χ4n) is 2.59. The van der Waals surface area contributed by atoms with Gasteiger partial charge in [0.1, 0.15) is 5.02 Å². The number of likely N-dealkylation sites (N-methyl/N-ethyl adjacent to an activating group) is 1. The summed E-state index contributed by atoms with van der Waals surface area (Å²) < 4.78 is 1.41. The van der Waals surface area contributed by atoms with Crippen LogP contribution in [0.4, 0.5) is 5.69 Å². The second kappa shape index (κ2) is 6.59. The van der Waals surface area contributed by atoms with Gasteiger partial charge in [0.05, 0.1) is 17.9 Å². The molecule has 112 valence electrons. The molecular weight excluding hydrogens is 276 g/mol. The van der Waals surface area contributed by atoms with Crippen LogP contribution >= 0.6 is 11.6 Å². The standard InChI is InChI=1S/C14H23ClN4O/c1-4-18-7-5-6-11(9-18)17-12-8-16-19(10(2)3)14(20)13(12)15/h8,10-11,17H,4-7,9H2,1-3H3. The van der Waals surface area contributed by atoms with Crippen molar-refractivity contribution in [3.05, 3.63) is 21.6 Å². The molecule has 6 heteroatoms. The molecule has 1 N–H and O–H groups in total. The first-order valence-corrected chi connectivity index (χ1v) is 7.67. The zero-order valence-electron chi connectivity index (χ0n) is 12.4. The zero-order valence-corrected chi connectivity index (χ0v) is 13.2. The first kappa shape index (κ1) is 15.3. The van der Waals surface area contributed by atoms with Crippen LogP contribution in [0.3, 0.4) is 0 Å². The molecule has 20 heavy (non-hydrogen) atoms. The number of hydrogen-bond acceptors (Lipinski definition) is 4. The van der Waals surface area contributed by atoms with Crippen LogP contribution in [0, 0.1) is 0 Å². The molecule has 0 aliphatic carbocycles. The number of aromatic nitrogens is 2. The van der Waals surface area contributed by atoms with Gasteiger partial charge in [0.2, 0.25) is 0 Å². The van der Waals surface area contributed by atoms with Crippen molar-refractivity contribution >= 4 is 17.3 Å². The maximum absolute atomic E-state index is 12.1. The van der Waals surface area contributed by atoms with Gasteiger partial charge in [-0.3, -0.25) is 4.79 Å². The van der Waals surface area contributed by atoms with E-state index < -0.39 is 0 Å². The van der Waals surface area contributed by atoms with E-state index in [1.54, 1.807) is 6.20 Å². The largest absolute Gasteiger partial charge is 0.378 e. The number of rotatable bonds is 4. The Hall–Kier alpha value is -1.07. The van der Waals surface area contributed by atoms with Crippen LogP contribution < -0.4 is 10.9 Å². The lowest BCUT2D eigenvalue weighted by molar-refractivity contribution is 0.227. The molecule has 0 aromatic carbocycles. The van der Waals surface area contributed by atoms with Crippen LogP contribution in [-0.2, 0) is 0 Å².